The molecule has 0 unspecified atom stereocenters. The molecule has 3 aromatic rings. The zero-order valence-electron chi connectivity index (χ0n) is 17.9. The van der Waals surface area contributed by atoms with E-state index in [1.807, 2.05) is 0 Å². The van der Waals surface area contributed by atoms with Crippen LogP contribution >= 0.6 is 7.92 Å². The molecule has 0 spiro atoms. The fourth-order valence-corrected chi connectivity index (χ4v) is 16.8. The Bertz CT molecular complexity index is 816. The Morgan fingerprint density at radius 1 is 0.552 bits per heavy atom. The smallest absolute Gasteiger partial charge is 0.180 e. The van der Waals surface area contributed by atoms with Crippen molar-refractivity contribution in [1.29, 1.82) is 0 Å². The van der Waals surface area contributed by atoms with E-state index in [0.717, 1.165) is 11.4 Å². The number of hydrogen-bond donors (Lipinski definition) is 0. The van der Waals surface area contributed by atoms with Crippen molar-refractivity contribution in [1.82, 2.24) is 9.96 Å². The van der Waals surface area contributed by atoms with Gasteiger partial charge in [-0.3, -0.25) is 0 Å². The van der Waals surface area contributed by atoms with E-state index in [9.17, 15) is 0 Å². The lowest BCUT2D eigenvalue weighted by molar-refractivity contribution is 1.22. The lowest BCUT2D eigenvalue weighted by atomic mass is 10.3. The highest BCUT2D eigenvalue weighted by molar-refractivity contribution is 7.70. The van der Waals surface area contributed by atoms with Gasteiger partial charge in [-0.1, -0.05) is 74.7 Å². The molecular weight excluding hydrogens is 403 g/mol. The van der Waals surface area contributed by atoms with Gasteiger partial charge < -0.3 is 9.96 Å². The molecule has 0 N–H and O–H groups in total. The maximum absolute atomic E-state index is 5.21. The van der Waals surface area contributed by atoms with Gasteiger partial charge in [-0.15, -0.1) is 0 Å². The van der Waals surface area contributed by atoms with E-state index in [1.54, 1.807) is 0 Å². The highest BCUT2D eigenvalue weighted by atomic mass is 31.1. The van der Waals surface area contributed by atoms with Crippen LogP contribution in [0.3, 0.4) is 0 Å². The van der Waals surface area contributed by atoms with Gasteiger partial charge in [0.25, 0.3) is 0 Å². The molecule has 0 saturated carbocycles. The molecule has 0 atom stereocenters. The highest BCUT2D eigenvalue weighted by Gasteiger charge is 2.34. The molecule has 0 aliphatic rings. The van der Waals surface area contributed by atoms with Gasteiger partial charge >= 0.3 is 0 Å². The fourth-order valence-electron chi connectivity index (χ4n) is 3.59. The first-order chi connectivity index (χ1) is 13.8. The van der Waals surface area contributed by atoms with Gasteiger partial charge in [0.1, 0.15) is 0 Å². The zero-order valence-corrected chi connectivity index (χ0v) is 20.8. The molecule has 2 nitrogen and oxygen atoms in total. The molecule has 5 heteroatoms. The first-order valence-electron chi connectivity index (χ1n) is 10.2. The minimum atomic E-state index is -1.75. The van der Waals surface area contributed by atoms with Crippen molar-refractivity contribution < 1.29 is 0 Å². The number of nitrogens with zero attached hydrogens (tertiary/aromatic N) is 2. The van der Waals surface area contributed by atoms with Crippen molar-refractivity contribution >= 4 is 41.1 Å². The number of benzene rings is 3. The molecular formula is C24H31N2PSi2. The molecule has 2 radical (unpaired) electrons. The second kappa shape index (κ2) is 9.75. The summed E-state index contributed by atoms with van der Waals surface area (Å²) in [5, 5.41) is 1.50. The van der Waals surface area contributed by atoms with Gasteiger partial charge in [-0.25, -0.2) is 0 Å². The van der Waals surface area contributed by atoms with Gasteiger partial charge in [-0.2, -0.15) is 0 Å². The van der Waals surface area contributed by atoms with Crippen LogP contribution in [-0.4, -0.2) is 28.0 Å². The average Bonchev–Trinajstić information content (AvgIpc) is 2.68. The summed E-state index contributed by atoms with van der Waals surface area (Å²) in [5.41, 5.74) is 2.25. The lowest BCUT2D eigenvalue weighted by Crippen LogP contribution is -2.45. The molecule has 0 bridgehead atoms. The summed E-state index contributed by atoms with van der Waals surface area (Å²) in [6.07, 6.45) is 0. The van der Waals surface area contributed by atoms with Crippen molar-refractivity contribution in [2.45, 2.75) is 26.2 Å². The van der Waals surface area contributed by atoms with E-state index in [4.69, 9.17) is 9.96 Å². The Labute approximate surface area is 179 Å². The molecule has 0 aliphatic heterocycles. The van der Waals surface area contributed by atoms with Crippen LogP contribution in [0.1, 0.15) is 0 Å². The monoisotopic (exact) mass is 434 g/mol. The summed E-state index contributed by atoms with van der Waals surface area (Å²) in [7, 11) is -3.78. The van der Waals surface area contributed by atoms with Crippen LogP contribution in [0, 0.1) is 0 Å². The van der Waals surface area contributed by atoms with Crippen molar-refractivity contribution in [3.63, 3.8) is 0 Å². The van der Waals surface area contributed by atoms with Crippen LogP contribution in [0.15, 0.2) is 91.0 Å². The van der Waals surface area contributed by atoms with E-state index in [1.165, 1.54) is 16.9 Å². The van der Waals surface area contributed by atoms with E-state index in [-0.39, 0.29) is 7.92 Å². The predicted octanol–water partition coefficient (Wildman–Crippen LogP) is 6.15. The highest BCUT2D eigenvalue weighted by Crippen LogP contribution is 2.40. The molecule has 3 aromatic carbocycles. The largest absolute Gasteiger partial charge is 0.321 e. The quantitative estimate of drug-likeness (QED) is 0.285. The van der Waals surface area contributed by atoms with Gasteiger partial charge in [0.2, 0.25) is 0 Å². The molecule has 0 amide bonds. The Morgan fingerprint density at radius 2 is 0.897 bits per heavy atom. The fraction of sp³-hybridized carbons (Fsp3) is 0.250. The summed E-state index contributed by atoms with van der Waals surface area (Å²) in [4.78, 5) is 10.4. The normalized spacial score (nSPS) is 12.0. The van der Waals surface area contributed by atoms with Gasteiger partial charge in [-0.05, 0) is 67.3 Å². The summed E-state index contributed by atoms with van der Waals surface area (Å²) in [6.45, 7) is 9.62. The maximum Gasteiger partial charge on any atom is 0.180 e. The predicted molar refractivity (Wildman–Crippen MR) is 134 cm³/mol. The molecule has 0 aliphatic carbocycles. The molecule has 0 aromatic heterocycles. The van der Waals surface area contributed by atoms with E-state index in [0.29, 0.717) is 0 Å². The standard InChI is InChI=1S/C24H31N2PSi2/c1-28(2,25-22-14-8-5-9-15-22)20-27(24-18-12-7-13-19-24)21-29(3,4)26-23-16-10-6-11-17-23/h5-19H,20-21H2,1-4H3. The molecule has 0 saturated heterocycles. The van der Waals surface area contributed by atoms with E-state index in [2.05, 4.69) is 117 Å². The second-order valence-electron chi connectivity index (χ2n) is 8.71. The molecule has 150 valence electrons. The third kappa shape index (κ3) is 7.15. The Hall–Kier alpha value is -1.88. The van der Waals surface area contributed by atoms with Crippen LogP contribution < -0.4 is 15.3 Å². The third-order valence-electron chi connectivity index (χ3n) is 4.65. The van der Waals surface area contributed by atoms with Crippen LogP contribution in [0.5, 0.6) is 0 Å². The Kier molecular flexibility index (Phi) is 7.34. The molecule has 0 fully saturated rings. The molecule has 3 rings (SSSR count). The van der Waals surface area contributed by atoms with Gasteiger partial charge in [0, 0.05) is 11.4 Å². The topological polar surface area (TPSA) is 28.2 Å². The van der Waals surface area contributed by atoms with Crippen molar-refractivity contribution in [3.8, 4) is 0 Å². The van der Waals surface area contributed by atoms with Crippen molar-refractivity contribution in [2.75, 3.05) is 11.6 Å². The first-order valence-corrected chi connectivity index (χ1v) is 18.2. The van der Waals surface area contributed by atoms with Gasteiger partial charge in [0.15, 0.2) is 16.5 Å². The SMILES string of the molecule is C[Si](C)(CP(C[Si](C)(C)[N]c1ccccc1)c1ccccc1)[N]c1ccccc1. The second-order valence-corrected chi connectivity index (χ2v) is 20.5. The molecule has 29 heavy (non-hydrogen) atoms. The summed E-state index contributed by atoms with van der Waals surface area (Å²) >= 11 is 0. The van der Waals surface area contributed by atoms with Crippen molar-refractivity contribution in [2.24, 2.45) is 0 Å². The minimum Gasteiger partial charge on any atom is -0.321 e. The zero-order chi connectivity index (χ0) is 20.7. The third-order valence-corrected chi connectivity index (χ3v) is 16.7. The first kappa shape index (κ1) is 21.8. The number of hydrogen-bond acceptors (Lipinski definition) is 0. The Balaban J connectivity index is 1.77. The Morgan fingerprint density at radius 3 is 1.28 bits per heavy atom. The average molecular weight is 435 g/mol. The van der Waals surface area contributed by atoms with E-state index >= 15 is 0 Å². The number of rotatable bonds is 9. The summed E-state index contributed by atoms with van der Waals surface area (Å²) in [6, 6.07) is 32.0. The van der Waals surface area contributed by atoms with Crippen LogP contribution in [0.25, 0.3) is 0 Å². The van der Waals surface area contributed by atoms with Crippen molar-refractivity contribution in [3.05, 3.63) is 91.0 Å². The van der Waals surface area contributed by atoms with E-state index < -0.39 is 16.5 Å². The summed E-state index contributed by atoms with van der Waals surface area (Å²) < 4.78 is 0. The summed E-state index contributed by atoms with van der Waals surface area (Å²) in [5.74, 6) is 2.42. The van der Waals surface area contributed by atoms with Crippen LogP contribution in [0.4, 0.5) is 11.4 Å². The maximum atomic E-state index is 5.21. The molecule has 0 heterocycles. The van der Waals surface area contributed by atoms with Crippen LogP contribution in [-0.2, 0) is 0 Å². The van der Waals surface area contributed by atoms with Crippen LogP contribution in [0.2, 0.25) is 26.2 Å². The van der Waals surface area contributed by atoms with Gasteiger partial charge in [0.05, 0.1) is 0 Å². The lowest BCUT2D eigenvalue weighted by Gasteiger charge is -2.33. The minimum absolute atomic E-state index is 0.288.